The third-order valence-corrected chi connectivity index (χ3v) is 2.83. The maximum absolute atomic E-state index is 5.93. The molecule has 0 unspecified atom stereocenters. The first-order chi connectivity index (χ1) is 7.24. The van der Waals surface area contributed by atoms with Gasteiger partial charge in [0.2, 0.25) is 0 Å². The van der Waals surface area contributed by atoms with Gasteiger partial charge in [-0.25, -0.2) is 0 Å². The second-order valence-electron chi connectivity index (χ2n) is 4.25. The molecule has 0 bridgehead atoms. The Morgan fingerprint density at radius 3 is 2.73 bits per heavy atom. The smallest absolute Gasteiger partial charge is 0.119 e. The molecular weight excluding hydrogens is 186 g/mol. The summed E-state index contributed by atoms with van der Waals surface area (Å²) in [6.45, 7) is 4.17. The standard InChI is InChI=1S/C13H18NO/c1-11-4-3-5-13(10-11)15-12-6-8-14(2)9-7-12/h3-5,10,12H,2,6-9H2,1H3. The summed E-state index contributed by atoms with van der Waals surface area (Å²) in [7, 11) is 3.93. The lowest BCUT2D eigenvalue weighted by Crippen LogP contribution is -2.34. The van der Waals surface area contributed by atoms with Crippen LogP contribution in [-0.2, 0) is 0 Å². The van der Waals surface area contributed by atoms with Crippen LogP contribution in [0.5, 0.6) is 5.75 Å². The molecule has 0 aliphatic carbocycles. The van der Waals surface area contributed by atoms with Crippen molar-refractivity contribution in [1.82, 2.24) is 4.90 Å². The van der Waals surface area contributed by atoms with Gasteiger partial charge in [0.15, 0.2) is 0 Å². The quantitative estimate of drug-likeness (QED) is 0.734. The molecule has 0 spiro atoms. The van der Waals surface area contributed by atoms with Crippen molar-refractivity contribution in [2.75, 3.05) is 13.1 Å². The number of hydrogen-bond acceptors (Lipinski definition) is 2. The number of aryl methyl sites for hydroxylation is 1. The molecule has 81 valence electrons. The molecule has 1 radical (unpaired) electrons. The Morgan fingerprint density at radius 1 is 1.33 bits per heavy atom. The molecule has 0 saturated carbocycles. The molecule has 2 rings (SSSR count). The average Bonchev–Trinajstić information content (AvgIpc) is 2.22. The molecule has 0 atom stereocenters. The Morgan fingerprint density at radius 2 is 2.07 bits per heavy atom. The lowest BCUT2D eigenvalue weighted by Gasteiger charge is -2.29. The molecule has 0 N–H and O–H groups in total. The zero-order valence-electron chi connectivity index (χ0n) is 9.28. The topological polar surface area (TPSA) is 12.5 Å². The van der Waals surface area contributed by atoms with E-state index in [1.165, 1.54) is 5.56 Å². The van der Waals surface area contributed by atoms with E-state index in [0.29, 0.717) is 6.10 Å². The number of nitrogens with zero attached hydrogens (tertiary/aromatic N) is 1. The van der Waals surface area contributed by atoms with Gasteiger partial charge in [0, 0.05) is 20.1 Å². The van der Waals surface area contributed by atoms with Gasteiger partial charge in [-0.2, -0.15) is 0 Å². The van der Waals surface area contributed by atoms with Gasteiger partial charge in [-0.15, -0.1) is 0 Å². The van der Waals surface area contributed by atoms with E-state index in [1.807, 2.05) is 12.1 Å². The summed E-state index contributed by atoms with van der Waals surface area (Å²) < 4.78 is 5.93. The first kappa shape index (κ1) is 10.5. The van der Waals surface area contributed by atoms with E-state index in [9.17, 15) is 0 Å². The van der Waals surface area contributed by atoms with Gasteiger partial charge in [0.05, 0.1) is 0 Å². The summed E-state index contributed by atoms with van der Waals surface area (Å²) in [4.78, 5) is 2.11. The first-order valence-electron chi connectivity index (χ1n) is 5.53. The van der Waals surface area contributed by atoms with Crippen LogP contribution >= 0.6 is 0 Å². The van der Waals surface area contributed by atoms with Gasteiger partial charge < -0.3 is 9.64 Å². The van der Waals surface area contributed by atoms with Gasteiger partial charge in [0.1, 0.15) is 11.9 Å². The Kier molecular flexibility index (Phi) is 3.27. The van der Waals surface area contributed by atoms with Crippen LogP contribution in [0.1, 0.15) is 18.4 Å². The van der Waals surface area contributed by atoms with Gasteiger partial charge >= 0.3 is 0 Å². The Bertz CT molecular complexity index is 316. The number of likely N-dealkylation sites (tertiary alicyclic amines) is 1. The summed E-state index contributed by atoms with van der Waals surface area (Å²) >= 11 is 0. The monoisotopic (exact) mass is 204 g/mol. The zero-order chi connectivity index (χ0) is 10.7. The highest BCUT2D eigenvalue weighted by Gasteiger charge is 2.17. The van der Waals surface area contributed by atoms with Crippen molar-refractivity contribution in [3.63, 3.8) is 0 Å². The molecule has 1 aliphatic heterocycles. The van der Waals surface area contributed by atoms with Crippen LogP contribution in [0.3, 0.4) is 0 Å². The predicted molar refractivity (Wildman–Crippen MR) is 61.8 cm³/mol. The minimum Gasteiger partial charge on any atom is -0.490 e. The van der Waals surface area contributed by atoms with Crippen molar-refractivity contribution in [2.45, 2.75) is 25.9 Å². The Hall–Kier alpha value is -1.02. The maximum atomic E-state index is 5.93. The third kappa shape index (κ3) is 2.96. The molecule has 1 aromatic rings. The second kappa shape index (κ2) is 4.67. The van der Waals surface area contributed by atoms with Crippen LogP contribution in [-0.4, -0.2) is 24.1 Å². The summed E-state index contributed by atoms with van der Waals surface area (Å²) in [6.07, 6.45) is 2.53. The molecule has 1 fully saturated rings. The molecule has 0 aromatic heterocycles. The van der Waals surface area contributed by atoms with Crippen molar-refractivity contribution >= 4 is 0 Å². The van der Waals surface area contributed by atoms with Gasteiger partial charge in [-0.05, 0) is 37.5 Å². The molecular formula is C13H18NO. The van der Waals surface area contributed by atoms with Crippen LogP contribution in [0, 0.1) is 14.0 Å². The molecule has 1 heterocycles. The van der Waals surface area contributed by atoms with Crippen molar-refractivity contribution in [1.29, 1.82) is 0 Å². The first-order valence-corrected chi connectivity index (χ1v) is 5.53. The highest BCUT2D eigenvalue weighted by Crippen LogP contribution is 2.19. The maximum Gasteiger partial charge on any atom is 0.119 e. The highest BCUT2D eigenvalue weighted by molar-refractivity contribution is 5.27. The van der Waals surface area contributed by atoms with Gasteiger partial charge in [0.25, 0.3) is 0 Å². The Balaban J connectivity index is 1.92. The van der Waals surface area contributed by atoms with E-state index in [2.05, 4.69) is 31.0 Å². The van der Waals surface area contributed by atoms with Crippen molar-refractivity contribution in [3.8, 4) is 5.75 Å². The number of hydrogen-bond donors (Lipinski definition) is 0. The SMILES string of the molecule is [CH2]N1CCC(Oc2cccc(C)c2)CC1. The molecule has 2 heteroatoms. The van der Waals surface area contributed by atoms with Crippen LogP contribution in [0.2, 0.25) is 0 Å². The number of ether oxygens (including phenoxy) is 1. The van der Waals surface area contributed by atoms with E-state index in [0.717, 1.165) is 31.7 Å². The fourth-order valence-electron chi connectivity index (χ4n) is 1.91. The number of rotatable bonds is 2. The zero-order valence-corrected chi connectivity index (χ0v) is 9.28. The van der Waals surface area contributed by atoms with Crippen LogP contribution in [0.4, 0.5) is 0 Å². The molecule has 1 aliphatic rings. The molecule has 1 aromatic carbocycles. The van der Waals surface area contributed by atoms with E-state index < -0.39 is 0 Å². The fraction of sp³-hybridized carbons (Fsp3) is 0.462. The van der Waals surface area contributed by atoms with E-state index in [1.54, 1.807) is 0 Å². The third-order valence-electron chi connectivity index (χ3n) is 2.83. The van der Waals surface area contributed by atoms with Gasteiger partial charge in [-0.3, -0.25) is 0 Å². The fourth-order valence-corrected chi connectivity index (χ4v) is 1.91. The van der Waals surface area contributed by atoms with Crippen LogP contribution < -0.4 is 4.74 Å². The number of piperidine rings is 1. The normalized spacial score (nSPS) is 19.1. The predicted octanol–water partition coefficient (Wildman–Crippen LogP) is 2.63. The summed E-state index contributed by atoms with van der Waals surface area (Å²) in [5.74, 6) is 0.998. The highest BCUT2D eigenvalue weighted by atomic mass is 16.5. The average molecular weight is 204 g/mol. The van der Waals surface area contributed by atoms with E-state index >= 15 is 0 Å². The summed E-state index contributed by atoms with van der Waals surface area (Å²) in [5, 5.41) is 0. The molecule has 1 saturated heterocycles. The largest absolute Gasteiger partial charge is 0.490 e. The molecule has 0 amide bonds. The van der Waals surface area contributed by atoms with E-state index in [4.69, 9.17) is 4.74 Å². The van der Waals surface area contributed by atoms with E-state index in [-0.39, 0.29) is 0 Å². The lowest BCUT2D eigenvalue weighted by molar-refractivity contribution is 0.122. The summed E-state index contributed by atoms with van der Waals surface area (Å²) in [5.41, 5.74) is 1.25. The molecule has 2 nitrogen and oxygen atoms in total. The number of benzene rings is 1. The second-order valence-corrected chi connectivity index (χ2v) is 4.25. The minimum atomic E-state index is 0.366. The Labute approximate surface area is 91.9 Å². The van der Waals surface area contributed by atoms with Crippen molar-refractivity contribution < 1.29 is 4.74 Å². The lowest BCUT2D eigenvalue weighted by atomic mass is 10.1. The van der Waals surface area contributed by atoms with Gasteiger partial charge in [-0.1, -0.05) is 12.1 Å². The summed E-state index contributed by atoms with van der Waals surface area (Å²) in [6, 6.07) is 8.26. The molecule has 15 heavy (non-hydrogen) atoms. The van der Waals surface area contributed by atoms with Crippen molar-refractivity contribution in [2.24, 2.45) is 0 Å². The van der Waals surface area contributed by atoms with Crippen molar-refractivity contribution in [3.05, 3.63) is 36.9 Å². The van der Waals surface area contributed by atoms with Crippen LogP contribution in [0.15, 0.2) is 24.3 Å². The minimum absolute atomic E-state index is 0.366. The van der Waals surface area contributed by atoms with Crippen LogP contribution in [0.25, 0.3) is 0 Å².